The Morgan fingerprint density at radius 3 is 2.13 bits per heavy atom. The van der Waals surface area contributed by atoms with Gasteiger partial charge in [0.25, 0.3) is 0 Å². The SMILES string of the molecule is C[C@@H](O)[C@@H](O)[C@H](CO)NC(=O)C(F)(F)F. The van der Waals surface area contributed by atoms with Gasteiger partial charge in [-0.2, -0.15) is 13.2 Å². The van der Waals surface area contributed by atoms with Crippen LogP contribution in [0.5, 0.6) is 0 Å². The number of halogens is 3. The number of nitrogens with one attached hydrogen (secondary N) is 1. The van der Waals surface area contributed by atoms with Crippen LogP contribution in [0.15, 0.2) is 0 Å². The molecule has 0 aliphatic carbocycles. The summed E-state index contributed by atoms with van der Waals surface area (Å²) in [5, 5.41) is 27.9. The molecule has 0 fully saturated rings. The Labute approximate surface area is 83.5 Å². The van der Waals surface area contributed by atoms with E-state index >= 15 is 0 Å². The first-order valence-electron chi connectivity index (χ1n) is 4.04. The van der Waals surface area contributed by atoms with Crippen molar-refractivity contribution in [3.05, 3.63) is 0 Å². The zero-order chi connectivity index (χ0) is 12.2. The van der Waals surface area contributed by atoms with Gasteiger partial charge < -0.3 is 20.6 Å². The van der Waals surface area contributed by atoms with Crippen LogP contribution >= 0.6 is 0 Å². The Hall–Kier alpha value is -0.860. The first-order chi connectivity index (χ1) is 6.70. The maximum Gasteiger partial charge on any atom is 0.471 e. The molecule has 1 amide bonds. The number of carbonyl (C=O) groups excluding carboxylic acids is 1. The van der Waals surface area contributed by atoms with Crippen LogP contribution in [-0.2, 0) is 4.79 Å². The molecule has 0 aromatic carbocycles. The first-order valence-corrected chi connectivity index (χ1v) is 4.04. The second-order valence-corrected chi connectivity index (χ2v) is 2.99. The number of alkyl halides is 3. The van der Waals surface area contributed by atoms with E-state index in [-0.39, 0.29) is 0 Å². The van der Waals surface area contributed by atoms with E-state index in [0.717, 1.165) is 6.92 Å². The Kier molecular flexibility index (Phi) is 4.98. The third kappa shape index (κ3) is 4.45. The van der Waals surface area contributed by atoms with Crippen molar-refractivity contribution >= 4 is 5.91 Å². The molecule has 0 saturated carbocycles. The second-order valence-electron chi connectivity index (χ2n) is 2.99. The van der Waals surface area contributed by atoms with Crippen molar-refractivity contribution < 1.29 is 33.3 Å². The van der Waals surface area contributed by atoms with Gasteiger partial charge in [-0.15, -0.1) is 0 Å². The molecule has 8 heteroatoms. The third-order valence-electron chi connectivity index (χ3n) is 1.68. The van der Waals surface area contributed by atoms with Crippen LogP contribution in [0.4, 0.5) is 13.2 Å². The maximum atomic E-state index is 11.8. The highest BCUT2D eigenvalue weighted by Crippen LogP contribution is 2.15. The number of aliphatic hydroxyl groups is 3. The average molecular weight is 231 g/mol. The van der Waals surface area contributed by atoms with Gasteiger partial charge in [0.05, 0.1) is 18.8 Å². The Morgan fingerprint density at radius 2 is 1.87 bits per heavy atom. The number of hydrogen-bond acceptors (Lipinski definition) is 4. The number of rotatable bonds is 4. The lowest BCUT2D eigenvalue weighted by atomic mass is 10.1. The van der Waals surface area contributed by atoms with Crippen molar-refractivity contribution in [2.24, 2.45) is 0 Å². The molecule has 0 unspecified atom stereocenters. The highest BCUT2D eigenvalue weighted by Gasteiger charge is 2.41. The Balaban J connectivity index is 4.41. The van der Waals surface area contributed by atoms with Crippen LogP contribution in [0.1, 0.15) is 6.92 Å². The summed E-state index contributed by atoms with van der Waals surface area (Å²) in [6, 6.07) is -1.56. The van der Waals surface area contributed by atoms with Crippen LogP contribution in [0.25, 0.3) is 0 Å². The zero-order valence-corrected chi connectivity index (χ0v) is 7.82. The minimum absolute atomic E-state index is 0.909. The molecule has 0 radical (unpaired) electrons. The molecular weight excluding hydrogens is 219 g/mol. The van der Waals surface area contributed by atoms with E-state index in [4.69, 9.17) is 15.3 Å². The van der Waals surface area contributed by atoms with Gasteiger partial charge in [-0.1, -0.05) is 0 Å². The molecule has 0 saturated heterocycles. The molecule has 0 bridgehead atoms. The summed E-state index contributed by atoms with van der Waals surface area (Å²) in [6.45, 7) is 0.209. The summed E-state index contributed by atoms with van der Waals surface area (Å²) in [6.07, 6.45) is -8.12. The smallest absolute Gasteiger partial charge is 0.394 e. The van der Waals surface area contributed by atoms with Crippen molar-refractivity contribution in [1.29, 1.82) is 0 Å². The van der Waals surface area contributed by atoms with Gasteiger partial charge in [0.2, 0.25) is 0 Å². The summed E-state index contributed by atoms with van der Waals surface area (Å²) in [7, 11) is 0. The minimum atomic E-state index is -5.09. The molecular formula is C7H12F3NO4. The highest BCUT2D eigenvalue weighted by atomic mass is 19.4. The van der Waals surface area contributed by atoms with E-state index in [1.165, 1.54) is 5.32 Å². The molecule has 0 heterocycles. The highest BCUT2D eigenvalue weighted by molar-refractivity contribution is 5.82. The molecule has 0 rings (SSSR count). The summed E-state index contributed by atoms with van der Waals surface area (Å²) in [4.78, 5) is 10.4. The van der Waals surface area contributed by atoms with Crippen molar-refractivity contribution in [2.45, 2.75) is 31.3 Å². The van der Waals surface area contributed by atoms with E-state index < -0.39 is 36.9 Å². The normalized spacial score (nSPS) is 18.1. The molecule has 0 aromatic rings. The molecule has 4 N–H and O–H groups in total. The lowest BCUT2D eigenvalue weighted by Crippen LogP contribution is -2.53. The van der Waals surface area contributed by atoms with Gasteiger partial charge in [-0.25, -0.2) is 0 Å². The predicted octanol–water partition coefficient (Wildman–Crippen LogP) is -1.23. The molecule has 0 aromatic heterocycles. The molecule has 3 atom stereocenters. The molecule has 0 aliphatic rings. The van der Waals surface area contributed by atoms with Crippen molar-refractivity contribution in [1.82, 2.24) is 5.32 Å². The fourth-order valence-corrected chi connectivity index (χ4v) is 0.825. The van der Waals surface area contributed by atoms with E-state index in [2.05, 4.69) is 0 Å². The largest absolute Gasteiger partial charge is 0.471 e. The van der Waals surface area contributed by atoms with Crippen LogP contribution in [0.2, 0.25) is 0 Å². The van der Waals surface area contributed by atoms with Gasteiger partial charge in [0.1, 0.15) is 6.10 Å². The fraction of sp³-hybridized carbons (Fsp3) is 0.857. The van der Waals surface area contributed by atoms with Gasteiger partial charge in [-0.05, 0) is 6.92 Å². The van der Waals surface area contributed by atoms with E-state index in [1.807, 2.05) is 0 Å². The lowest BCUT2D eigenvalue weighted by molar-refractivity contribution is -0.176. The molecule has 5 nitrogen and oxygen atoms in total. The van der Waals surface area contributed by atoms with Crippen LogP contribution in [-0.4, -0.2) is 52.3 Å². The number of aliphatic hydroxyl groups excluding tert-OH is 3. The Bertz CT molecular complexity index is 219. The minimum Gasteiger partial charge on any atom is -0.394 e. The van der Waals surface area contributed by atoms with Crippen LogP contribution < -0.4 is 5.32 Å². The third-order valence-corrected chi connectivity index (χ3v) is 1.68. The first kappa shape index (κ1) is 14.1. The second kappa shape index (κ2) is 5.29. The van der Waals surface area contributed by atoms with Crippen molar-refractivity contribution in [3.63, 3.8) is 0 Å². The quantitative estimate of drug-likeness (QED) is 0.487. The van der Waals surface area contributed by atoms with Crippen LogP contribution in [0, 0.1) is 0 Å². The average Bonchev–Trinajstić information content (AvgIpc) is 2.10. The summed E-state index contributed by atoms with van der Waals surface area (Å²) < 4.78 is 35.3. The summed E-state index contributed by atoms with van der Waals surface area (Å²) in [5.74, 6) is -2.28. The lowest BCUT2D eigenvalue weighted by Gasteiger charge is -2.24. The number of amides is 1. The number of hydrogen-bond donors (Lipinski definition) is 4. The van der Waals surface area contributed by atoms with E-state index in [9.17, 15) is 18.0 Å². The van der Waals surface area contributed by atoms with Gasteiger partial charge >= 0.3 is 12.1 Å². The summed E-state index contributed by atoms with van der Waals surface area (Å²) in [5.41, 5.74) is 0. The zero-order valence-electron chi connectivity index (χ0n) is 7.82. The maximum absolute atomic E-state index is 11.8. The van der Waals surface area contributed by atoms with Crippen molar-refractivity contribution in [2.75, 3.05) is 6.61 Å². The monoisotopic (exact) mass is 231 g/mol. The topological polar surface area (TPSA) is 89.8 Å². The van der Waals surface area contributed by atoms with E-state index in [1.54, 1.807) is 0 Å². The summed E-state index contributed by atoms with van der Waals surface area (Å²) >= 11 is 0. The predicted molar refractivity (Wildman–Crippen MR) is 42.8 cm³/mol. The van der Waals surface area contributed by atoms with Gasteiger partial charge in [0, 0.05) is 0 Å². The number of carbonyl (C=O) groups is 1. The molecule has 15 heavy (non-hydrogen) atoms. The molecule has 0 aliphatic heterocycles. The van der Waals surface area contributed by atoms with Gasteiger partial charge in [0.15, 0.2) is 0 Å². The van der Waals surface area contributed by atoms with E-state index in [0.29, 0.717) is 0 Å². The molecule has 0 spiro atoms. The Morgan fingerprint density at radius 1 is 1.40 bits per heavy atom. The van der Waals surface area contributed by atoms with Gasteiger partial charge in [-0.3, -0.25) is 4.79 Å². The molecule has 90 valence electrons. The van der Waals surface area contributed by atoms with Crippen LogP contribution in [0.3, 0.4) is 0 Å². The van der Waals surface area contributed by atoms with Crippen molar-refractivity contribution in [3.8, 4) is 0 Å². The standard InChI is InChI=1S/C7H12F3NO4/c1-3(13)5(14)4(2-12)11-6(15)7(8,9)10/h3-5,12-14H,2H2,1H3,(H,11,15)/t3-,4+,5-/m1/s1. The fourth-order valence-electron chi connectivity index (χ4n) is 0.825.